The van der Waals surface area contributed by atoms with Gasteiger partial charge in [0.1, 0.15) is 5.75 Å². The van der Waals surface area contributed by atoms with E-state index in [4.69, 9.17) is 10.5 Å². The van der Waals surface area contributed by atoms with Gasteiger partial charge in [0.05, 0.1) is 7.11 Å². The van der Waals surface area contributed by atoms with Crippen molar-refractivity contribution in [3.05, 3.63) is 29.8 Å². The Morgan fingerprint density at radius 1 is 1.33 bits per heavy atom. The molecule has 1 heterocycles. The Balaban J connectivity index is 0.00000162. The van der Waals surface area contributed by atoms with Crippen molar-refractivity contribution in [2.45, 2.75) is 25.3 Å². The molecule has 1 atom stereocenters. The lowest BCUT2D eigenvalue weighted by Crippen LogP contribution is -2.36. The van der Waals surface area contributed by atoms with Gasteiger partial charge in [0.2, 0.25) is 0 Å². The molecule has 1 aromatic carbocycles. The van der Waals surface area contributed by atoms with Crippen LogP contribution in [0.1, 0.15) is 18.4 Å². The molecule has 0 aliphatic carbocycles. The fourth-order valence-electron chi connectivity index (χ4n) is 2.52. The predicted molar refractivity (Wildman–Crippen MR) is 77.6 cm³/mol. The first-order valence-corrected chi connectivity index (χ1v) is 6.40. The number of nitrogens with two attached hydrogens (primary N) is 1. The van der Waals surface area contributed by atoms with E-state index in [1.165, 1.54) is 24.9 Å². The maximum atomic E-state index is 5.77. The molecule has 1 unspecified atom stereocenters. The lowest BCUT2D eigenvalue weighted by atomic mass is 10.1. The van der Waals surface area contributed by atoms with Crippen LogP contribution in [0.3, 0.4) is 0 Å². The van der Waals surface area contributed by atoms with E-state index in [0.717, 1.165) is 25.3 Å². The normalized spacial score (nSPS) is 19.6. The average molecular weight is 271 g/mol. The average Bonchev–Trinajstić information content (AvgIpc) is 2.84. The molecule has 0 bridgehead atoms. The summed E-state index contributed by atoms with van der Waals surface area (Å²) in [5.74, 6) is 0.926. The minimum absolute atomic E-state index is 0. The van der Waals surface area contributed by atoms with Crippen molar-refractivity contribution in [1.29, 1.82) is 0 Å². The van der Waals surface area contributed by atoms with Gasteiger partial charge in [0.15, 0.2) is 0 Å². The van der Waals surface area contributed by atoms with Crippen LogP contribution >= 0.6 is 12.4 Å². The smallest absolute Gasteiger partial charge is 0.118 e. The van der Waals surface area contributed by atoms with Crippen molar-refractivity contribution in [1.82, 2.24) is 4.90 Å². The van der Waals surface area contributed by atoms with Crippen LogP contribution in [-0.2, 0) is 6.42 Å². The number of ether oxygens (including phenoxy) is 1. The molecule has 2 rings (SSSR count). The van der Waals surface area contributed by atoms with Crippen LogP contribution in [0.5, 0.6) is 5.75 Å². The molecular weight excluding hydrogens is 248 g/mol. The van der Waals surface area contributed by atoms with E-state index in [9.17, 15) is 0 Å². The summed E-state index contributed by atoms with van der Waals surface area (Å²) in [6, 6.07) is 8.95. The van der Waals surface area contributed by atoms with Crippen molar-refractivity contribution in [2.75, 3.05) is 26.7 Å². The number of hydrogen-bond donors (Lipinski definition) is 1. The zero-order valence-corrected chi connectivity index (χ0v) is 11.8. The Morgan fingerprint density at radius 3 is 2.67 bits per heavy atom. The minimum Gasteiger partial charge on any atom is -0.497 e. The molecule has 2 N–H and O–H groups in total. The Bertz CT molecular complexity index is 342. The van der Waals surface area contributed by atoms with Gasteiger partial charge in [0, 0.05) is 19.1 Å². The monoisotopic (exact) mass is 270 g/mol. The third-order valence-electron chi connectivity index (χ3n) is 3.62. The fourth-order valence-corrected chi connectivity index (χ4v) is 2.52. The molecule has 0 amide bonds. The number of methoxy groups -OCH3 is 1. The van der Waals surface area contributed by atoms with Gasteiger partial charge in [-0.2, -0.15) is 0 Å². The summed E-state index contributed by atoms with van der Waals surface area (Å²) in [7, 11) is 1.70. The molecule has 1 aliphatic heterocycles. The van der Waals surface area contributed by atoms with Crippen molar-refractivity contribution in [3.8, 4) is 5.75 Å². The highest BCUT2D eigenvalue weighted by Gasteiger charge is 2.22. The zero-order valence-electron chi connectivity index (χ0n) is 11.0. The molecule has 0 saturated carbocycles. The maximum Gasteiger partial charge on any atom is 0.118 e. The number of hydrogen-bond acceptors (Lipinski definition) is 3. The quantitative estimate of drug-likeness (QED) is 0.890. The van der Waals surface area contributed by atoms with Crippen molar-refractivity contribution in [2.24, 2.45) is 5.73 Å². The number of benzene rings is 1. The first kappa shape index (κ1) is 15.3. The third kappa shape index (κ3) is 3.87. The van der Waals surface area contributed by atoms with Gasteiger partial charge in [-0.3, -0.25) is 4.90 Å². The van der Waals surface area contributed by atoms with Gasteiger partial charge < -0.3 is 10.5 Å². The maximum absolute atomic E-state index is 5.77. The van der Waals surface area contributed by atoms with Crippen LogP contribution in [-0.4, -0.2) is 37.7 Å². The van der Waals surface area contributed by atoms with Crippen molar-refractivity contribution < 1.29 is 4.74 Å². The number of halogens is 1. The Hall–Kier alpha value is -0.770. The largest absolute Gasteiger partial charge is 0.497 e. The van der Waals surface area contributed by atoms with Gasteiger partial charge in [-0.05, 0) is 43.5 Å². The second-order valence-electron chi connectivity index (χ2n) is 4.67. The summed E-state index contributed by atoms with van der Waals surface area (Å²) in [5, 5.41) is 0. The van der Waals surface area contributed by atoms with E-state index >= 15 is 0 Å². The summed E-state index contributed by atoms with van der Waals surface area (Å²) in [5.41, 5.74) is 7.14. The Kier molecular flexibility index (Phi) is 6.47. The SMILES string of the molecule is COc1ccc(CCN2CCCC2CN)cc1.Cl. The van der Waals surface area contributed by atoms with E-state index in [1.54, 1.807) is 7.11 Å². The van der Waals surface area contributed by atoms with E-state index in [2.05, 4.69) is 17.0 Å². The molecule has 0 spiro atoms. The first-order valence-electron chi connectivity index (χ1n) is 6.40. The second-order valence-corrected chi connectivity index (χ2v) is 4.67. The Morgan fingerprint density at radius 2 is 2.06 bits per heavy atom. The lowest BCUT2D eigenvalue weighted by Gasteiger charge is -2.22. The van der Waals surface area contributed by atoms with Crippen LogP contribution in [0.2, 0.25) is 0 Å². The highest BCUT2D eigenvalue weighted by Crippen LogP contribution is 2.17. The van der Waals surface area contributed by atoms with Gasteiger partial charge in [0.25, 0.3) is 0 Å². The molecule has 4 heteroatoms. The molecule has 1 aromatic rings. The summed E-state index contributed by atoms with van der Waals surface area (Å²) in [6.07, 6.45) is 3.66. The van der Waals surface area contributed by atoms with E-state index < -0.39 is 0 Å². The van der Waals surface area contributed by atoms with Gasteiger partial charge in [-0.25, -0.2) is 0 Å². The number of nitrogens with zero attached hydrogens (tertiary/aromatic N) is 1. The molecule has 3 nitrogen and oxygen atoms in total. The lowest BCUT2D eigenvalue weighted by molar-refractivity contribution is 0.262. The molecule has 0 aromatic heterocycles. The molecule has 1 aliphatic rings. The standard InChI is InChI=1S/C14H22N2O.ClH/c1-17-14-6-4-12(5-7-14)8-10-16-9-2-3-13(16)11-15;/h4-7,13H,2-3,8-11,15H2,1H3;1H. The molecule has 1 fully saturated rings. The van der Waals surface area contributed by atoms with Crippen LogP contribution in [0, 0.1) is 0 Å². The van der Waals surface area contributed by atoms with E-state index in [0.29, 0.717) is 6.04 Å². The fraction of sp³-hybridized carbons (Fsp3) is 0.571. The van der Waals surface area contributed by atoms with E-state index in [-0.39, 0.29) is 12.4 Å². The summed E-state index contributed by atoms with van der Waals surface area (Å²) in [4.78, 5) is 2.52. The summed E-state index contributed by atoms with van der Waals surface area (Å²) in [6.45, 7) is 3.12. The van der Waals surface area contributed by atoms with Crippen molar-refractivity contribution >= 4 is 12.4 Å². The number of rotatable bonds is 5. The van der Waals surface area contributed by atoms with Crippen molar-refractivity contribution in [3.63, 3.8) is 0 Å². The van der Waals surface area contributed by atoms with Gasteiger partial charge in [-0.1, -0.05) is 12.1 Å². The molecular formula is C14H23ClN2O. The van der Waals surface area contributed by atoms with Crippen LogP contribution in [0.15, 0.2) is 24.3 Å². The minimum atomic E-state index is 0. The molecule has 0 radical (unpaired) electrons. The van der Waals surface area contributed by atoms with Crippen LogP contribution < -0.4 is 10.5 Å². The van der Waals surface area contributed by atoms with E-state index in [1.807, 2.05) is 12.1 Å². The van der Waals surface area contributed by atoms with Gasteiger partial charge in [-0.15, -0.1) is 12.4 Å². The first-order chi connectivity index (χ1) is 8.33. The van der Waals surface area contributed by atoms with Crippen LogP contribution in [0.25, 0.3) is 0 Å². The molecule has 1 saturated heterocycles. The highest BCUT2D eigenvalue weighted by atomic mass is 35.5. The third-order valence-corrected chi connectivity index (χ3v) is 3.62. The number of likely N-dealkylation sites (tertiary alicyclic amines) is 1. The Labute approximate surface area is 116 Å². The second kappa shape index (κ2) is 7.62. The van der Waals surface area contributed by atoms with Crippen LogP contribution in [0.4, 0.5) is 0 Å². The summed E-state index contributed by atoms with van der Waals surface area (Å²) >= 11 is 0. The topological polar surface area (TPSA) is 38.5 Å². The predicted octanol–water partition coefficient (Wildman–Crippen LogP) is 2.08. The zero-order chi connectivity index (χ0) is 12.1. The highest BCUT2D eigenvalue weighted by molar-refractivity contribution is 5.85. The molecule has 18 heavy (non-hydrogen) atoms. The summed E-state index contributed by atoms with van der Waals surface area (Å²) < 4.78 is 5.15. The molecule has 102 valence electrons. The van der Waals surface area contributed by atoms with Gasteiger partial charge >= 0.3 is 0 Å².